The first kappa shape index (κ1) is 17.4. The van der Waals surface area contributed by atoms with E-state index in [0.29, 0.717) is 12.2 Å². The van der Waals surface area contributed by atoms with Gasteiger partial charge in [0.2, 0.25) is 5.91 Å². The van der Waals surface area contributed by atoms with Gasteiger partial charge >= 0.3 is 0 Å². The third-order valence-corrected chi connectivity index (χ3v) is 6.18. The minimum Gasteiger partial charge on any atom is -0.376 e. The number of anilines is 1. The van der Waals surface area contributed by atoms with E-state index in [1.165, 1.54) is 23.3 Å². The van der Waals surface area contributed by atoms with Gasteiger partial charge in [0.05, 0.1) is 24.3 Å². The molecule has 2 aliphatic rings. The van der Waals surface area contributed by atoms with Crippen LogP contribution in [0.2, 0.25) is 0 Å². The Morgan fingerprint density at radius 1 is 1.42 bits per heavy atom. The number of nitrogens with one attached hydrogen (secondary N) is 1. The van der Waals surface area contributed by atoms with Gasteiger partial charge in [0.25, 0.3) is 0 Å². The molecule has 1 amide bonds. The largest absolute Gasteiger partial charge is 0.376 e. The van der Waals surface area contributed by atoms with Crippen LogP contribution in [0.1, 0.15) is 49.1 Å². The summed E-state index contributed by atoms with van der Waals surface area (Å²) in [5.74, 6) is -0.0305. The van der Waals surface area contributed by atoms with Crippen molar-refractivity contribution in [1.82, 2.24) is 4.90 Å². The average Bonchev–Trinajstić information content (AvgIpc) is 2.74. The number of hydrogen-bond donors (Lipinski definition) is 1. The van der Waals surface area contributed by atoms with Crippen molar-refractivity contribution in [2.45, 2.75) is 58.1 Å². The Morgan fingerprint density at radius 3 is 2.96 bits per heavy atom. The predicted octanol–water partition coefficient (Wildman–Crippen LogP) is 2.94. The second-order valence-corrected chi connectivity index (χ2v) is 7.83. The Hall–Kier alpha value is -1.42. The number of hydrogen-bond acceptors (Lipinski definition) is 5. The highest BCUT2D eigenvalue weighted by atomic mass is 32.1. The van der Waals surface area contributed by atoms with Crippen LogP contribution in [0.15, 0.2) is 0 Å². The number of nitriles is 1. The maximum absolute atomic E-state index is 12.7. The zero-order chi connectivity index (χ0) is 17.1. The zero-order valence-corrected chi connectivity index (χ0v) is 15.2. The van der Waals surface area contributed by atoms with E-state index in [2.05, 4.69) is 16.3 Å². The SMILES string of the molecule is CC1CN(C(C)C(=O)Nc2sc3c(c2C#N)CCCCC3)CCO1. The Labute approximate surface area is 147 Å². The van der Waals surface area contributed by atoms with E-state index in [0.717, 1.165) is 37.4 Å². The predicted molar refractivity (Wildman–Crippen MR) is 95.4 cm³/mol. The lowest BCUT2D eigenvalue weighted by molar-refractivity contribution is -0.123. The molecule has 0 saturated carbocycles. The summed E-state index contributed by atoms with van der Waals surface area (Å²) in [7, 11) is 0. The fourth-order valence-electron chi connectivity index (χ4n) is 3.53. The van der Waals surface area contributed by atoms with E-state index in [9.17, 15) is 10.1 Å². The lowest BCUT2D eigenvalue weighted by atomic mass is 10.1. The molecule has 130 valence electrons. The molecule has 1 aliphatic carbocycles. The van der Waals surface area contributed by atoms with Gasteiger partial charge in [-0.05, 0) is 45.1 Å². The summed E-state index contributed by atoms with van der Waals surface area (Å²) < 4.78 is 5.55. The fourth-order valence-corrected chi connectivity index (χ4v) is 4.77. The molecule has 0 radical (unpaired) electrons. The van der Waals surface area contributed by atoms with Crippen molar-refractivity contribution in [3.63, 3.8) is 0 Å². The quantitative estimate of drug-likeness (QED) is 0.854. The molecular formula is C18H25N3O2S. The van der Waals surface area contributed by atoms with Gasteiger partial charge < -0.3 is 10.1 Å². The first-order valence-electron chi connectivity index (χ1n) is 8.81. The number of fused-ring (bicyclic) bond motifs is 1. The van der Waals surface area contributed by atoms with Crippen molar-refractivity contribution >= 4 is 22.2 Å². The highest BCUT2D eigenvalue weighted by Gasteiger charge is 2.28. The molecule has 6 heteroatoms. The van der Waals surface area contributed by atoms with Gasteiger partial charge in [-0.2, -0.15) is 5.26 Å². The molecule has 1 fully saturated rings. The lowest BCUT2D eigenvalue weighted by Crippen LogP contribution is -2.50. The zero-order valence-electron chi connectivity index (χ0n) is 14.4. The summed E-state index contributed by atoms with van der Waals surface area (Å²) in [4.78, 5) is 16.1. The van der Waals surface area contributed by atoms with Gasteiger partial charge in [-0.1, -0.05) is 6.42 Å². The summed E-state index contributed by atoms with van der Waals surface area (Å²) in [5, 5.41) is 13.3. The molecule has 2 unspecified atom stereocenters. The lowest BCUT2D eigenvalue weighted by Gasteiger charge is -2.34. The van der Waals surface area contributed by atoms with Crippen LogP contribution in [0.5, 0.6) is 0 Å². The molecule has 5 nitrogen and oxygen atoms in total. The Balaban J connectivity index is 1.73. The second-order valence-electron chi connectivity index (χ2n) is 6.72. The number of ether oxygens (including phenoxy) is 1. The van der Waals surface area contributed by atoms with Crippen molar-refractivity contribution in [3.05, 3.63) is 16.0 Å². The summed E-state index contributed by atoms with van der Waals surface area (Å²) in [6.45, 7) is 6.15. The smallest absolute Gasteiger partial charge is 0.242 e. The number of aryl methyl sites for hydroxylation is 1. The topological polar surface area (TPSA) is 65.4 Å². The fraction of sp³-hybridized carbons (Fsp3) is 0.667. The van der Waals surface area contributed by atoms with Crippen molar-refractivity contribution in [2.75, 3.05) is 25.0 Å². The third kappa shape index (κ3) is 3.64. The number of carbonyl (C=O) groups is 1. The number of rotatable bonds is 3. The Bertz CT molecular complexity index is 649. The van der Waals surface area contributed by atoms with Gasteiger partial charge in [0.15, 0.2) is 0 Å². The molecule has 2 heterocycles. The molecule has 1 aromatic rings. The molecule has 1 aliphatic heterocycles. The minimum atomic E-state index is -0.218. The van der Waals surface area contributed by atoms with E-state index in [4.69, 9.17) is 4.74 Å². The first-order chi connectivity index (χ1) is 11.6. The molecule has 24 heavy (non-hydrogen) atoms. The van der Waals surface area contributed by atoms with E-state index in [-0.39, 0.29) is 18.1 Å². The minimum absolute atomic E-state index is 0.0305. The highest BCUT2D eigenvalue weighted by Crippen LogP contribution is 2.37. The van der Waals surface area contributed by atoms with Crippen molar-refractivity contribution < 1.29 is 9.53 Å². The highest BCUT2D eigenvalue weighted by molar-refractivity contribution is 7.16. The van der Waals surface area contributed by atoms with E-state index in [1.54, 1.807) is 11.3 Å². The first-order valence-corrected chi connectivity index (χ1v) is 9.63. The van der Waals surface area contributed by atoms with Crippen molar-refractivity contribution in [1.29, 1.82) is 5.26 Å². The number of carbonyl (C=O) groups excluding carboxylic acids is 1. The maximum Gasteiger partial charge on any atom is 0.242 e. The molecule has 0 aromatic carbocycles. The summed E-state index contributed by atoms with van der Waals surface area (Å²) in [6, 6.07) is 2.11. The molecular weight excluding hydrogens is 322 g/mol. The van der Waals surface area contributed by atoms with Crippen LogP contribution in [0.4, 0.5) is 5.00 Å². The molecule has 0 bridgehead atoms. The van der Waals surface area contributed by atoms with E-state index < -0.39 is 0 Å². The van der Waals surface area contributed by atoms with Crippen LogP contribution in [-0.4, -0.2) is 42.6 Å². The summed E-state index contributed by atoms with van der Waals surface area (Å²) in [6.07, 6.45) is 5.67. The molecule has 1 saturated heterocycles. The van der Waals surface area contributed by atoms with E-state index in [1.807, 2.05) is 13.8 Å². The molecule has 0 spiro atoms. The van der Waals surface area contributed by atoms with Gasteiger partial charge in [-0.15, -0.1) is 11.3 Å². The summed E-state index contributed by atoms with van der Waals surface area (Å²) in [5.41, 5.74) is 1.86. The van der Waals surface area contributed by atoms with Crippen LogP contribution < -0.4 is 5.32 Å². The standard InChI is InChI=1S/C18H25N3O2S/c1-12-11-21(8-9-23-12)13(2)17(22)20-18-15(10-19)14-6-4-3-5-7-16(14)24-18/h12-13H,3-9,11H2,1-2H3,(H,20,22). The number of thiophene rings is 1. The second kappa shape index (κ2) is 7.64. The average molecular weight is 347 g/mol. The van der Waals surface area contributed by atoms with E-state index >= 15 is 0 Å². The van der Waals surface area contributed by atoms with Gasteiger partial charge in [0, 0.05) is 18.0 Å². The van der Waals surface area contributed by atoms with Crippen LogP contribution in [-0.2, 0) is 22.4 Å². The normalized spacial score (nSPS) is 23.0. The van der Waals surface area contributed by atoms with Crippen LogP contribution in [0.3, 0.4) is 0 Å². The summed E-state index contributed by atoms with van der Waals surface area (Å²) >= 11 is 1.60. The molecule has 1 aromatic heterocycles. The Kier molecular flexibility index (Phi) is 5.54. The van der Waals surface area contributed by atoms with Crippen molar-refractivity contribution in [3.8, 4) is 6.07 Å². The number of amides is 1. The maximum atomic E-state index is 12.7. The van der Waals surface area contributed by atoms with Crippen molar-refractivity contribution in [2.24, 2.45) is 0 Å². The van der Waals surface area contributed by atoms with Crippen LogP contribution in [0, 0.1) is 11.3 Å². The van der Waals surface area contributed by atoms with Gasteiger partial charge in [0.1, 0.15) is 11.1 Å². The van der Waals surface area contributed by atoms with Crippen LogP contribution in [0.25, 0.3) is 0 Å². The third-order valence-electron chi connectivity index (χ3n) is 4.97. The number of nitrogens with zero attached hydrogens (tertiary/aromatic N) is 2. The Morgan fingerprint density at radius 2 is 2.21 bits per heavy atom. The van der Waals surface area contributed by atoms with Gasteiger partial charge in [-0.3, -0.25) is 9.69 Å². The number of morpholine rings is 1. The molecule has 1 N–H and O–H groups in total. The molecule has 3 rings (SSSR count). The molecule has 2 atom stereocenters. The van der Waals surface area contributed by atoms with Crippen LogP contribution >= 0.6 is 11.3 Å². The monoisotopic (exact) mass is 347 g/mol. The van der Waals surface area contributed by atoms with Gasteiger partial charge in [-0.25, -0.2) is 0 Å².